The minimum absolute atomic E-state index is 0.00424. The monoisotopic (exact) mass is 810 g/mol. The van der Waals surface area contributed by atoms with Gasteiger partial charge in [0.25, 0.3) is 0 Å². The first-order chi connectivity index (χ1) is 29.2. The summed E-state index contributed by atoms with van der Waals surface area (Å²) < 4.78 is 0. The summed E-state index contributed by atoms with van der Waals surface area (Å²) in [5, 5.41) is 16.7. The molecule has 0 spiro atoms. The highest BCUT2D eigenvalue weighted by Crippen LogP contribution is 2.54. The zero-order valence-corrected chi connectivity index (χ0v) is 37.3. The lowest BCUT2D eigenvalue weighted by Gasteiger charge is -2.45. The Hall–Kier alpha value is -0.800. The first-order valence-corrected chi connectivity index (χ1v) is 26.8. The highest BCUT2D eigenvalue weighted by atomic mass is 15.4. The molecule has 0 bridgehead atoms. The minimum Gasteiger partial charge on any atom is -0.312 e. The number of nitrogens with one attached hydrogen (secondary N) is 4. The van der Waals surface area contributed by atoms with Crippen molar-refractivity contribution in [2.45, 2.75) is 235 Å². The third kappa shape index (κ3) is 8.27. The second-order valence-corrected chi connectivity index (χ2v) is 23.0. The Morgan fingerprint density at radius 2 is 1.25 bits per heavy atom. The molecule has 11 aliphatic rings. The van der Waals surface area contributed by atoms with Crippen LogP contribution in [0.1, 0.15) is 180 Å². The van der Waals surface area contributed by atoms with Gasteiger partial charge < -0.3 is 16.4 Å². The average molecular weight is 810 g/mol. The van der Waals surface area contributed by atoms with Crippen molar-refractivity contribution in [2.24, 2.45) is 59.0 Å². The van der Waals surface area contributed by atoms with Crippen LogP contribution in [-0.4, -0.2) is 77.8 Å². The highest BCUT2D eigenvalue weighted by molar-refractivity contribution is 5.17. The van der Waals surface area contributed by atoms with E-state index in [4.69, 9.17) is 5.73 Å². The third-order valence-electron chi connectivity index (χ3n) is 20.2. The van der Waals surface area contributed by atoms with Crippen molar-refractivity contribution in [3.05, 3.63) is 23.8 Å². The predicted octanol–water partition coefficient (Wildman–Crippen LogP) is 9.16. The number of likely N-dealkylation sites (tertiary alicyclic amines) is 2. The van der Waals surface area contributed by atoms with Crippen LogP contribution in [0, 0.1) is 53.3 Å². The Labute approximate surface area is 360 Å². The van der Waals surface area contributed by atoms with E-state index in [2.05, 4.69) is 49.3 Å². The number of hydrogen-bond acceptors (Lipinski definition) is 7. The van der Waals surface area contributed by atoms with Gasteiger partial charge in [-0.3, -0.25) is 20.4 Å². The summed E-state index contributed by atoms with van der Waals surface area (Å²) in [4.78, 5) is 6.13. The molecule has 0 aromatic heterocycles. The van der Waals surface area contributed by atoms with E-state index in [1.807, 2.05) is 0 Å². The van der Waals surface area contributed by atoms with Gasteiger partial charge in [0, 0.05) is 30.2 Å². The fraction of sp³-hybridized carbons (Fsp3) is 0.923. The smallest absolute Gasteiger partial charge is 0.0781 e. The van der Waals surface area contributed by atoms with E-state index < -0.39 is 0 Å². The van der Waals surface area contributed by atoms with Crippen molar-refractivity contribution in [1.29, 1.82) is 0 Å². The molecule has 7 heteroatoms. The minimum atomic E-state index is -0.00424. The van der Waals surface area contributed by atoms with Gasteiger partial charge in [-0.25, -0.2) is 0 Å². The largest absolute Gasteiger partial charge is 0.312 e. The van der Waals surface area contributed by atoms with Crippen molar-refractivity contribution >= 4 is 0 Å². The van der Waals surface area contributed by atoms with E-state index in [1.165, 1.54) is 193 Å². The van der Waals surface area contributed by atoms with Gasteiger partial charge in [0.15, 0.2) is 0 Å². The summed E-state index contributed by atoms with van der Waals surface area (Å²) in [6.45, 7) is 2.49. The maximum Gasteiger partial charge on any atom is 0.0781 e. The zero-order chi connectivity index (χ0) is 39.3. The van der Waals surface area contributed by atoms with Crippen molar-refractivity contribution in [3.63, 3.8) is 0 Å². The van der Waals surface area contributed by atoms with Gasteiger partial charge >= 0.3 is 0 Å². The Kier molecular flexibility index (Phi) is 12.7. The second-order valence-electron chi connectivity index (χ2n) is 23.0. The van der Waals surface area contributed by atoms with Crippen molar-refractivity contribution in [2.75, 3.05) is 13.1 Å². The number of nitrogens with two attached hydrogens (primary N) is 1. The summed E-state index contributed by atoms with van der Waals surface area (Å²) in [7, 11) is 0. The lowest BCUT2D eigenvalue weighted by molar-refractivity contribution is 0.0433. The molecular formula is C52H87N7. The van der Waals surface area contributed by atoms with Crippen LogP contribution < -0.4 is 27.0 Å². The van der Waals surface area contributed by atoms with Gasteiger partial charge in [-0.15, -0.1) is 0 Å². The number of allylic oxidation sites excluding steroid dienone is 2. The molecule has 59 heavy (non-hydrogen) atoms. The predicted molar refractivity (Wildman–Crippen MR) is 242 cm³/mol. The summed E-state index contributed by atoms with van der Waals surface area (Å²) >= 11 is 0. The Morgan fingerprint density at radius 1 is 0.576 bits per heavy atom. The molecule has 0 radical (unpaired) electrons. The Bertz CT molecular complexity index is 1450. The molecule has 9 fully saturated rings. The Morgan fingerprint density at radius 3 is 1.98 bits per heavy atom. The molecule has 7 nitrogen and oxygen atoms in total. The molecule has 5 saturated carbocycles. The molecule has 6 N–H and O–H groups in total. The van der Waals surface area contributed by atoms with E-state index in [0.717, 1.165) is 77.4 Å². The molecule has 0 aromatic rings. The van der Waals surface area contributed by atoms with Gasteiger partial charge in [-0.1, -0.05) is 69.6 Å². The number of nitrogens with zero attached hydrogens (tertiary/aromatic N) is 2. The van der Waals surface area contributed by atoms with E-state index in [0.29, 0.717) is 24.5 Å². The van der Waals surface area contributed by atoms with E-state index in [-0.39, 0.29) is 6.17 Å². The maximum absolute atomic E-state index is 7.36. The molecule has 0 amide bonds. The molecule has 4 heterocycles. The van der Waals surface area contributed by atoms with Crippen LogP contribution in [0.4, 0.5) is 0 Å². The molecular weight excluding hydrogens is 723 g/mol. The van der Waals surface area contributed by atoms with E-state index in [1.54, 1.807) is 5.57 Å². The van der Waals surface area contributed by atoms with Crippen LogP contribution in [0.2, 0.25) is 0 Å². The normalized spacial score (nSPS) is 46.0. The lowest BCUT2D eigenvalue weighted by atomic mass is 9.66. The lowest BCUT2D eigenvalue weighted by Crippen LogP contribution is -2.58. The molecule has 0 aromatic carbocycles. The van der Waals surface area contributed by atoms with E-state index >= 15 is 0 Å². The van der Waals surface area contributed by atoms with Gasteiger partial charge in [0.1, 0.15) is 0 Å². The maximum atomic E-state index is 7.36. The molecule has 4 aliphatic heterocycles. The Balaban J connectivity index is 0.729. The van der Waals surface area contributed by atoms with Crippen LogP contribution in [0.25, 0.3) is 0 Å². The molecule has 11 rings (SSSR count). The van der Waals surface area contributed by atoms with Crippen LogP contribution in [0.5, 0.6) is 0 Å². The summed E-state index contributed by atoms with van der Waals surface area (Å²) in [5.41, 5.74) is 8.91. The molecule has 16 atom stereocenters. The summed E-state index contributed by atoms with van der Waals surface area (Å²) in [6.07, 6.45) is 48.7. The SMILES string of the molecule is NC(NC(NC1CCCC(C2CCC3C(C2)C2CCNC2N3C2CCCCC2)C1)C1CCCCC1)C1=CC(C2CCC3C(C2)C2CCNC2N3C2CC=CCC2)CCC1. The second kappa shape index (κ2) is 18.4. The van der Waals surface area contributed by atoms with Crippen molar-refractivity contribution in [1.82, 2.24) is 31.1 Å². The van der Waals surface area contributed by atoms with Crippen molar-refractivity contribution < 1.29 is 0 Å². The van der Waals surface area contributed by atoms with Crippen LogP contribution in [0.15, 0.2) is 23.8 Å². The third-order valence-corrected chi connectivity index (χ3v) is 20.2. The fourth-order valence-electron chi connectivity index (χ4n) is 17.5. The summed E-state index contributed by atoms with van der Waals surface area (Å²) in [6, 6.07) is 3.96. The number of fused-ring (bicyclic) bond motifs is 6. The van der Waals surface area contributed by atoms with Gasteiger partial charge in [-0.05, 0) is 200 Å². The van der Waals surface area contributed by atoms with Crippen LogP contribution in [-0.2, 0) is 0 Å². The first-order valence-electron chi connectivity index (χ1n) is 26.8. The molecule has 16 unspecified atom stereocenters. The van der Waals surface area contributed by atoms with Gasteiger partial charge in [-0.2, -0.15) is 0 Å². The van der Waals surface area contributed by atoms with Gasteiger partial charge in [0.2, 0.25) is 0 Å². The fourth-order valence-corrected chi connectivity index (χ4v) is 17.5. The number of hydrogen-bond donors (Lipinski definition) is 5. The quantitative estimate of drug-likeness (QED) is 0.111. The molecule has 330 valence electrons. The van der Waals surface area contributed by atoms with Gasteiger partial charge in [0.05, 0.1) is 24.7 Å². The summed E-state index contributed by atoms with van der Waals surface area (Å²) in [5.74, 6) is 7.79. The highest BCUT2D eigenvalue weighted by Gasteiger charge is 2.56. The van der Waals surface area contributed by atoms with E-state index in [9.17, 15) is 0 Å². The first kappa shape index (κ1) is 40.9. The number of rotatable bonds is 10. The van der Waals surface area contributed by atoms with Crippen molar-refractivity contribution in [3.8, 4) is 0 Å². The standard InChI is InChI=1S/C52H87N7/c53-49(39-16-10-14-35(30-39)37-22-24-47-45(32-37)43-26-28-54-51(43)58(47)41-18-6-2-7-19-41)57-50(34-12-4-1-5-13-34)56-40-17-11-15-36(31-40)38-23-25-48-46(33-38)44-27-29-55-52(44)59(48)42-20-8-3-9-21-42/h2,6,30,34-38,40-52,54-57H,1,3-5,7-29,31-33,53H2. The molecule has 4 saturated heterocycles. The average Bonchev–Trinajstić information content (AvgIpc) is 4.09. The topological polar surface area (TPSA) is 80.6 Å². The van der Waals surface area contributed by atoms with Crippen LogP contribution in [0.3, 0.4) is 0 Å². The van der Waals surface area contributed by atoms with Crippen LogP contribution >= 0.6 is 0 Å². The zero-order valence-electron chi connectivity index (χ0n) is 37.3. The molecule has 7 aliphatic carbocycles.